The van der Waals surface area contributed by atoms with Crippen LogP contribution in [0.2, 0.25) is 0 Å². The third-order valence-corrected chi connectivity index (χ3v) is 1.82. The van der Waals surface area contributed by atoms with Crippen LogP contribution in [0.1, 0.15) is 15.9 Å². The number of ether oxygens (including phenoxy) is 1. The number of methoxy groups -OCH3 is 1. The second-order valence-electron chi connectivity index (χ2n) is 2.87. The van der Waals surface area contributed by atoms with Crippen LogP contribution in [0.25, 0.3) is 0 Å². The highest BCUT2D eigenvalue weighted by atomic mass is 19.1. The first-order valence-corrected chi connectivity index (χ1v) is 4.13. The molecule has 4 nitrogen and oxygen atoms in total. The minimum absolute atomic E-state index is 0.0372. The van der Waals surface area contributed by atoms with Gasteiger partial charge in [0, 0.05) is 0 Å². The molecule has 0 radical (unpaired) electrons. The van der Waals surface area contributed by atoms with Crippen LogP contribution in [0.3, 0.4) is 0 Å². The lowest BCUT2D eigenvalue weighted by atomic mass is 10.1. The number of halogens is 1. The van der Waals surface area contributed by atoms with Crippen LogP contribution in [0.4, 0.5) is 4.39 Å². The Hall–Kier alpha value is -1.91. The molecule has 0 aliphatic heterocycles. The smallest absolute Gasteiger partial charge is 0.337 e. The second-order valence-corrected chi connectivity index (χ2v) is 2.87. The van der Waals surface area contributed by atoms with Gasteiger partial charge in [-0.15, -0.1) is 0 Å². The van der Waals surface area contributed by atoms with Crippen molar-refractivity contribution in [1.29, 1.82) is 0 Å². The number of carbonyl (C=O) groups excluding carboxylic acids is 1. The van der Waals surface area contributed by atoms with Crippen LogP contribution in [-0.2, 0) is 16.0 Å². The van der Waals surface area contributed by atoms with Gasteiger partial charge < -0.3 is 9.84 Å². The Labute approximate surface area is 85.3 Å². The third-order valence-electron chi connectivity index (χ3n) is 1.82. The van der Waals surface area contributed by atoms with Gasteiger partial charge in [0.15, 0.2) is 0 Å². The van der Waals surface area contributed by atoms with Crippen LogP contribution in [0, 0.1) is 5.82 Å². The number of carboxylic acids is 1. The van der Waals surface area contributed by atoms with Gasteiger partial charge in [0.25, 0.3) is 0 Å². The lowest BCUT2D eigenvalue weighted by molar-refractivity contribution is -0.136. The Balaban J connectivity index is 2.97. The molecule has 0 spiro atoms. The van der Waals surface area contributed by atoms with Crippen LogP contribution in [0.5, 0.6) is 0 Å². The zero-order valence-electron chi connectivity index (χ0n) is 7.99. The summed E-state index contributed by atoms with van der Waals surface area (Å²) in [7, 11) is 1.19. The van der Waals surface area contributed by atoms with E-state index in [4.69, 9.17) is 5.11 Å². The number of rotatable bonds is 3. The van der Waals surface area contributed by atoms with E-state index in [1.807, 2.05) is 0 Å². The molecular formula is C10H9FO4. The fourth-order valence-corrected chi connectivity index (χ4v) is 1.10. The van der Waals surface area contributed by atoms with Crippen LogP contribution in [0.15, 0.2) is 18.2 Å². The molecule has 5 heteroatoms. The molecule has 0 aromatic heterocycles. The summed E-state index contributed by atoms with van der Waals surface area (Å²) in [4.78, 5) is 21.3. The molecule has 0 bridgehead atoms. The van der Waals surface area contributed by atoms with E-state index in [2.05, 4.69) is 4.74 Å². The van der Waals surface area contributed by atoms with Gasteiger partial charge in [-0.3, -0.25) is 4.79 Å². The Bertz CT molecular complexity index is 400. The number of benzene rings is 1. The Morgan fingerprint density at radius 2 is 2.13 bits per heavy atom. The van der Waals surface area contributed by atoms with Crippen LogP contribution in [-0.4, -0.2) is 24.2 Å². The molecular weight excluding hydrogens is 203 g/mol. The fraction of sp³-hybridized carbons (Fsp3) is 0.200. The predicted molar refractivity (Wildman–Crippen MR) is 49.1 cm³/mol. The summed E-state index contributed by atoms with van der Waals surface area (Å²) >= 11 is 0. The fourth-order valence-electron chi connectivity index (χ4n) is 1.10. The van der Waals surface area contributed by atoms with Gasteiger partial charge in [-0.2, -0.15) is 0 Å². The quantitative estimate of drug-likeness (QED) is 0.765. The Morgan fingerprint density at radius 1 is 1.47 bits per heavy atom. The van der Waals surface area contributed by atoms with Crippen molar-refractivity contribution < 1.29 is 23.8 Å². The standard InChI is InChI=1S/C10H9FO4/c1-15-10(14)7-3-2-6(5-9(12)13)8(11)4-7/h2-4H,5H2,1H3,(H,12,13). The maximum absolute atomic E-state index is 13.2. The van der Waals surface area contributed by atoms with Gasteiger partial charge in [0.2, 0.25) is 0 Å². The van der Waals surface area contributed by atoms with Crippen molar-refractivity contribution in [3.8, 4) is 0 Å². The molecule has 1 aromatic rings. The summed E-state index contributed by atoms with van der Waals surface area (Å²) < 4.78 is 17.6. The topological polar surface area (TPSA) is 63.6 Å². The van der Waals surface area contributed by atoms with Crippen LogP contribution >= 0.6 is 0 Å². The maximum Gasteiger partial charge on any atom is 0.337 e. The minimum Gasteiger partial charge on any atom is -0.481 e. The molecule has 1 rings (SSSR count). The average molecular weight is 212 g/mol. The lowest BCUT2D eigenvalue weighted by Gasteiger charge is -2.02. The molecule has 0 aliphatic carbocycles. The van der Waals surface area contributed by atoms with Crippen molar-refractivity contribution in [1.82, 2.24) is 0 Å². The van der Waals surface area contributed by atoms with Gasteiger partial charge in [-0.05, 0) is 17.7 Å². The van der Waals surface area contributed by atoms with E-state index in [1.165, 1.54) is 19.2 Å². The van der Waals surface area contributed by atoms with Crippen molar-refractivity contribution in [3.05, 3.63) is 35.1 Å². The average Bonchev–Trinajstić information content (AvgIpc) is 2.19. The summed E-state index contributed by atoms with van der Waals surface area (Å²) in [5.74, 6) is -2.50. The molecule has 1 aromatic carbocycles. The van der Waals surface area contributed by atoms with E-state index in [0.29, 0.717) is 0 Å². The molecule has 80 valence electrons. The molecule has 0 unspecified atom stereocenters. The Morgan fingerprint density at radius 3 is 2.60 bits per heavy atom. The molecule has 0 saturated carbocycles. The lowest BCUT2D eigenvalue weighted by Crippen LogP contribution is -2.06. The van der Waals surface area contributed by atoms with Gasteiger partial charge in [0.1, 0.15) is 5.82 Å². The number of aliphatic carboxylic acids is 1. The highest BCUT2D eigenvalue weighted by molar-refractivity contribution is 5.89. The maximum atomic E-state index is 13.2. The van der Waals surface area contributed by atoms with Crippen molar-refractivity contribution >= 4 is 11.9 Å². The van der Waals surface area contributed by atoms with Gasteiger partial charge in [0.05, 0.1) is 19.1 Å². The van der Waals surface area contributed by atoms with E-state index in [1.54, 1.807) is 0 Å². The molecule has 1 N–H and O–H groups in total. The monoisotopic (exact) mass is 212 g/mol. The third kappa shape index (κ3) is 2.77. The highest BCUT2D eigenvalue weighted by Gasteiger charge is 2.11. The van der Waals surface area contributed by atoms with Gasteiger partial charge in [-0.1, -0.05) is 6.07 Å². The van der Waals surface area contributed by atoms with Crippen molar-refractivity contribution in [2.24, 2.45) is 0 Å². The zero-order chi connectivity index (χ0) is 11.4. The molecule has 0 aliphatic rings. The van der Waals surface area contributed by atoms with E-state index in [-0.39, 0.29) is 11.1 Å². The number of hydrogen-bond donors (Lipinski definition) is 1. The van der Waals surface area contributed by atoms with Crippen LogP contribution < -0.4 is 0 Å². The summed E-state index contributed by atoms with van der Waals surface area (Å²) in [5.41, 5.74) is 0.0966. The van der Waals surface area contributed by atoms with E-state index >= 15 is 0 Å². The predicted octanol–water partition coefficient (Wildman–Crippen LogP) is 1.24. The molecule has 0 amide bonds. The first-order chi connectivity index (χ1) is 7.04. The molecule has 0 fully saturated rings. The number of esters is 1. The second kappa shape index (κ2) is 4.54. The first-order valence-electron chi connectivity index (χ1n) is 4.13. The van der Waals surface area contributed by atoms with E-state index < -0.39 is 24.2 Å². The van der Waals surface area contributed by atoms with E-state index in [0.717, 1.165) is 6.07 Å². The Kier molecular flexibility index (Phi) is 3.38. The number of hydrogen-bond acceptors (Lipinski definition) is 3. The molecule has 0 heterocycles. The summed E-state index contributed by atoms with van der Waals surface area (Å²) in [6.45, 7) is 0. The number of carboxylic acid groups (broad SMARTS) is 1. The van der Waals surface area contributed by atoms with Crippen molar-refractivity contribution in [2.75, 3.05) is 7.11 Å². The summed E-state index contributed by atoms with van der Waals surface area (Å²) in [6, 6.07) is 3.55. The van der Waals surface area contributed by atoms with E-state index in [9.17, 15) is 14.0 Å². The van der Waals surface area contributed by atoms with Crippen molar-refractivity contribution in [3.63, 3.8) is 0 Å². The molecule has 0 saturated heterocycles. The summed E-state index contributed by atoms with van der Waals surface area (Å²) in [6.07, 6.45) is -0.409. The van der Waals surface area contributed by atoms with Crippen molar-refractivity contribution in [2.45, 2.75) is 6.42 Å². The number of carbonyl (C=O) groups is 2. The highest BCUT2D eigenvalue weighted by Crippen LogP contribution is 2.12. The largest absolute Gasteiger partial charge is 0.481 e. The SMILES string of the molecule is COC(=O)c1ccc(CC(=O)O)c(F)c1. The summed E-state index contributed by atoms with van der Waals surface area (Å²) in [5, 5.41) is 8.46. The molecule has 0 atom stereocenters. The zero-order valence-corrected chi connectivity index (χ0v) is 7.99. The van der Waals surface area contributed by atoms with Gasteiger partial charge >= 0.3 is 11.9 Å². The normalized spacial score (nSPS) is 9.73. The molecule has 15 heavy (non-hydrogen) atoms. The van der Waals surface area contributed by atoms with Gasteiger partial charge in [-0.25, -0.2) is 9.18 Å². The first kappa shape index (κ1) is 11.2. The minimum atomic E-state index is -1.13.